The Bertz CT molecular complexity index is 1330. The molecular formula is C26H21N3O5S. The van der Waals surface area contributed by atoms with E-state index in [4.69, 9.17) is 0 Å². The van der Waals surface area contributed by atoms with Gasteiger partial charge >= 0.3 is 0 Å². The SMILES string of the molecule is O=C(NC1CCCC1)c1ccc2c(c1)C(=O)N(c1ccc(Sc3ccc([N+](=O)[O-])cc3)cc1)C2=O. The number of nitrogens with one attached hydrogen (secondary N) is 1. The highest BCUT2D eigenvalue weighted by Crippen LogP contribution is 2.33. The highest BCUT2D eigenvalue weighted by molar-refractivity contribution is 7.99. The first-order valence-corrected chi connectivity index (χ1v) is 12.1. The van der Waals surface area contributed by atoms with Crippen LogP contribution in [0.2, 0.25) is 0 Å². The van der Waals surface area contributed by atoms with E-state index in [1.54, 1.807) is 42.5 Å². The fourth-order valence-corrected chi connectivity index (χ4v) is 5.21. The van der Waals surface area contributed by atoms with Crippen LogP contribution in [0.3, 0.4) is 0 Å². The number of anilines is 1. The third kappa shape index (κ3) is 4.54. The van der Waals surface area contributed by atoms with Crippen molar-refractivity contribution in [3.8, 4) is 0 Å². The van der Waals surface area contributed by atoms with Crippen molar-refractivity contribution in [2.45, 2.75) is 41.5 Å². The van der Waals surface area contributed by atoms with Crippen molar-refractivity contribution in [2.24, 2.45) is 0 Å². The van der Waals surface area contributed by atoms with E-state index in [0.29, 0.717) is 11.3 Å². The lowest BCUT2D eigenvalue weighted by molar-refractivity contribution is -0.384. The molecule has 0 bridgehead atoms. The van der Waals surface area contributed by atoms with E-state index in [0.717, 1.165) is 40.4 Å². The Morgan fingerprint density at radius 3 is 2.11 bits per heavy atom. The van der Waals surface area contributed by atoms with Crippen molar-refractivity contribution in [2.75, 3.05) is 4.90 Å². The van der Waals surface area contributed by atoms with Crippen LogP contribution in [0.5, 0.6) is 0 Å². The molecule has 0 radical (unpaired) electrons. The third-order valence-electron chi connectivity index (χ3n) is 6.22. The normalized spacial score (nSPS) is 15.4. The molecule has 2 aliphatic rings. The van der Waals surface area contributed by atoms with Crippen molar-refractivity contribution in [3.63, 3.8) is 0 Å². The molecule has 3 aromatic carbocycles. The predicted octanol–water partition coefficient (Wildman–Crippen LogP) is 5.22. The average molecular weight is 488 g/mol. The van der Waals surface area contributed by atoms with Gasteiger partial charge in [0.25, 0.3) is 23.4 Å². The lowest BCUT2D eigenvalue weighted by Gasteiger charge is -2.14. The van der Waals surface area contributed by atoms with Gasteiger partial charge in [-0.2, -0.15) is 0 Å². The number of carbonyl (C=O) groups is 3. The summed E-state index contributed by atoms with van der Waals surface area (Å²) in [5.41, 5.74) is 1.32. The van der Waals surface area contributed by atoms with Crippen molar-refractivity contribution in [1.29, 1.82) is 0 Å². The first-order valence-electron chi connectivity index (χ1n) is 11.3. The summed E-state index contributed by atoms with van der Waals surface area (Å²) in [6, 6.07) is 17.9. The smallest absolute Gasteiger partial charge is 0.269 e. The van der Waals surface area contributed by atoms with Gasteiger partial charge in [-0.15, -0.1) is 0 Å². The maximum atomic E-state index is 13.1. The highest BCUT2D eigenvalue weighted by Gasteiger charge is 2.37. The Balaban J connectivity index is 1.31. The van der Waals surface area contributed by atoms with Gasteiger partial charge in [0.2, 0.25) is 0 Å². The molecule has 1 aliphatic heterocycles. The van der Waals surface area contributed by atoms with Crippen LogP contribution in [-0.2, 0) is 0 Å². The Morgan fingerprint density at radius 1 is 0.886 bits per heavy atom. The van der Waals surface area contributed by atoms with Crippen LogP contribution < -0.4 is 10.2 Å². The maximum absolute atomic E-state index is 13.1. The van der Waals surface area contributed by atoms with Gasteiger partial charge in [-0.25, -0.2) is 4.90 Å². The minimum Gasteiger partial charge on any atom is -0.349 e. The molecule has 1 saturated carbocycles. The van der Waals surface area contributed by atoms with Crippen LogP contribution in [-0.4, -0.2) is 28.7 Å². The summed E-state index contributed by atoms with van der Waals surface area (Å²) in [4.78, 5) is 51.9. The number of fused-ring (bicyclic) bond motifs is 1. The van der Waals surface area contributed by atoms with E-state index in [9.17, 15) is 24.5 Å². The van der Waals surface area contributed by atoms with Gasteiger partial charge in [0, 0.05) is 33.5 Å². The second-order valence-electron chi connectivity index (χ2n) is 8.51. The van der Waals surface area contributed by atoms with E-state index < -0.39 is 16.7 Å². The lowest BCUT2D eigenvalue weighted by Crippen LogP contribution is -2.32. The van der Waals surface area contributed by atoms with Crippen molar-refractivity contribution < 1.29 is 19.3 Å². The quantitative estimate of drug-likeness (QED) is 0.290. The molecule has 1 aliphatic carbocycles. The summed E-state index contributed by atoms with van der Waals surface area (Å²) in [5, 5.41) is 13.8. The van der Waals surface area contributed by atoms with E-state index in [1.807, 2.05) is 0 Å². The lowest BCUT2D eigenvalue weighted by atomic mass is 10.0. The van der Waals surface area contributed by atoms with Crippen LogP contribution in [0.4, 0.5) is 11.4 Å². The minimum absolute atomic E-state index is 0.0227. The summed E-state index contributed by atoms with van der Waals surface area (Å²) in [7, 11) is 0. The van der Waals surface area contributed by atoms with Crippen molar-refractivity contribution in [3.05, 3.63) is 93.5 Å². The van der Waals surface area contributed by atoms with Crippen LogP contribution in [0.25, 0.3) is 0 Å². The van der Waals surface area contributed by atoms with Crippen LogP contribution in [0.1, 0.15) is 56.8 Å². The first-order chi connectivity index (χ1) is 16.9. The molecule has 0 atom stereocenters. The fraction of sp³-hybridized carbons (Fsp3) is 0.192. The molecule has 9 heteroatoms. The monoisotopic (exact) mass is 487 g/mol. The molecule has 35 heavy (non-hydrogen) atoms. The maximum Gasteiger partial charge on any atom is 0.269 e. The number of hydrogen-bond donors (Lipinski definition) is 1. The Labute approximate surface area is 205 Å². The van der Waals surface area contributed by atoms with Crippen molar-refractivity contribution >= 4 is 40.9 Å². The zero-order valence-corrected chi connectivity index (χ0v) is 19.4. The Kier molecular flexibility index (Phi) is 6.08. The molecule has 3 aromatic rings. The van der Waals surface area contributed by atoms with Gasteiger partial charge in [-0.05, 0) is 67.4 Å². The number of nitro groups is 1. The van der Waals surface area contributed by atoms with Crippen LogP contribution >= 0.6 is 11.8 Å². The zero-order valence-electron chi connectivity index (χ0n) is 18.6. The third-order valence-corrected chi connectivity index (χ3v) is 7.23. The Hall–Kier alpha value is -3.98. The van der Waals surface area contributed by atoms with Crippen molar-refractivity contribution in [1.82, 2.24) is 5.32 Å². The zero-order chi connectivity index (χ0) is 24.5. The number of nitro benzene ring substituents is 1. The average Bonchev–Trinajstić information content (AvgIpc) is 3.46. The molecule has 0 aromatic heterocycles. The standard InChI is InChI=1S/C26H21N3O5S/c30-24(27-17-3-1-2-4-17)16-5-14-22-23(15-16)26(32)28(25(22)31)18-6-10-20(11-7-18)35-21-12-8-19(9-13-21)29(33)34/h5-15,17H,1-4H2,(H,27,30). The molecule has 5 rings (SSSR count). The van der Waals surface area contributed by atoms with Crippen LogP contribution in [0, 0.1) is 10.1 Å². The molecule has 3 amide bonds. The summed E-state index contributed by atoms with van der Waals surface area (Å²) < 4.78 is 0. The summed E-state index contributed by atoms with van der Waals surface area (Å²) in [6.07, 6.45) is 4.12. The molecular weight excluding hydrogens is 466 g/mol. The Morgan fingerprint density at radius 2 is 1.49 bits per heavy atom. The first kappa shape index (κ1) is 22.8. The molecule has 0 spiro atoms. The fourth-order valence-electron chi connectivity index (χ4n) is 4.39. The predicted molar refractivity (Wildman–Crippen MR) is 131 cm³/mol. The highest BCUT2D eigenvalue weighted by atomic mass is 32.2. The van der Waals surface area contributed by atoms with E-state index >= 15 is 0 Å². The van der Waals surface area contributed by atoms with Gasteiger partial charge in [-0.3, -0.25) is 24.5 Å². The molecule has 0 unspecified atom stereocenters. The van der Waals surface area contributed by atoms with Gasteiger partial charge in [-0.1, -0.05) is 24.6 Å². The number of nitrogens with zero attached hydrogens (tertiary/aromatic N) is 2. The van der Waals surface area contributed by atoms with Gasteiger partial charge < -0.3 is 5.32 Å². The molecule has 8 nitrogen and oxygen atoms in total. The second kappa shape index (κ2) is 9.34. The number of rotatable bonds is 6. The van der Waals surface area contributed by atoms with E-state index in [1.165, 1.54) is 36.0 Å². The number of imide groups is 1. The number of benzene rings is 3. The van der Waals surface area contributed by atoms with Crippen LogP contribution in [0.15, 0.2) is 76.5 Å². The number of amides is 3. The van der Waals surface area contributed by atoms with Gasteiger partial charge in [0.05, 0.1) is 21.7 Å². The van der Waals surface area contributed by atoms with Gasteiger partial charge in [0.1, 0.15) is 0 Å². The molecule has 1 heterocycles. The van der Waals surface area contributed by atoms with E-state index in [-0.39, 0.29) is 28.8 Å². The summed E-state index contributed by atoms with van der Waals surface area (Å²) >= 11 is 1.41. The summed E-state index contributed by atoms with van der Waals surface area (Å²) in [6.45, 7) is 0. The topological polar surface area (TPSA) is 110 Å². The second-order valence-corrected chi connectivity index (χ2v) is 9.65. The number of carbonyl (C=O) groups excluding carboxylic acids is 3. The molecule has 1 N–H and O–H groups in total. The molecule has 0 saturated heterocycles. The number of hydrogen-bond acceptors (Lipinski definition) is 6. The molecule has 1 fully saturated rings. The van der Waals surface area contributed by atoms with Gasteiger partial charge in [0.15, 0.2) is 0 Å². The summed E-state index contributed by atoms with van der Waals surface area (Å²) in [5.74, 6) is -1.12. The molecule has 176 valence electrons. The minimum atomic E-state index is -0.462. The number of non-ortho nitro benzene ring substituents is 1. The largest absolute Gasteiger partial charge is 0.349 e. The van der Waals surface area contributed by atoms with E-state index in [2.05, 4.69) is 5.32 Å².